The summed E-state index contributed by atoms with van der Waals surface area (Å²) in [5.41, 5.74) is 12.6. The molecule has 0 atom stereocenters. The summed E-state index contributed by atoms with van der Waals surface area (Å²) in [6, 6.07) is 7.52. The largest absolute Gasteiger partial charge is 0.368 e. The molecule has 0 fully saturated rings. The maximum Gasteiger partial charge on any atom is 0.237 e. The number of hydrogen-bond donors (Lipinski definition) is 2. The summed E-state index contributed by atoms with van der Waals surface area (Å²) in [6.45, 7) is 2.63. The lowest BCUT2D eigenvalue weighted by molar-refractivity contribution is -0.134. The third-order valence-electron chi connectivity index (χ3n) is 2.76. The molecule has 4 N–H and O–H groups in total. The Bertz CT molecular complexity index is 432. The third-order valence-corrected chi connectivity index (χ3v) is 2.76. The zero-order valence-electron chi connectivity index (χ0n) is 10.6. The van der Waals surface area contributed by atoms with Gasteiger partial charge in [-0.2, -0.15) is 0 Å². The van der Waals surface area contributed by atoms with Gasteiger partial charge in [-0.1, -0.05) is 24.3 Å². The maximum absolute atomic E-state index is 12.0. The molecule has 1 aromatic carbocycles. The molecule has 1 aromatic rings. The summed E-state index contributed by atoms with van der Waals surface area (Å²) in [5, 5.41) is 0. The van der Waals surface area contributed by atoms with Gasteiger partial charge >= 0.3 is 0 Å². The lowest BCUT2D eigenvalue weighted by Gasteiger charge is -2.19. The standard InChI is InChI=1S/C13H19N3O2/c1-2-16(9-12(15)17)13(18)7-10-5-3-4-6-11(10)8-14/h3-6H,2,7-9,14H2,1H3,(H2,15,17). The number of amides is 2. The number of carbonyl (C=O) groups is 2. The van der Waals surface area contributed by atoms with Crippen LogP contribution in [0.1, 0.15) is 18.1 Å². The fourth-order valence-electron chi connectivity index (χ4n) is 1.77. The lowest BCUT2D eigenvalue weighted by atomic mass is 10.0. The highest BCUT2D eigenvalue weighted by Gasteiger charge is 2.15. The SMILES string of the molecule is CCN(CC(N)=O)C(=O)Cc1ccccc1CN. The first-order valence-electron chi connectivity index (χ1n) is 5.91. The fraction of sp³-hybridized carbons (Fsp3) is 0.385. The van der Waals surface area contributed by atoms with Crippen LogP contribution in [0.2, 0.25) is 0 Å². The number of rotatable bonds is 6. The van der Waals surface area contributed by atoms with E-state index >= 15 is 0 Å². The molecule has 5 heteroatoms. The maximum atomic E-state index is 12.0. The van der Waals surface area contributed by atoms with E-state index in [9.17, 15) is 9.59 Å². The second-order valence-corrected chi connectivity index (χ2v) is 4.02. The molecule has 0 saturated carbocycles. The smallest absolute Gasteiger partial charge is 0.237 e. The van der Waals surface area contributed by atoms with Crippen molar-refractivity contribution in [2.24, 2.45) is 11.5 Å². The first-order chi connectivity index (χ1) is 8.58. The van der Waals surface area contributed by atoms with Crippen molar-refractivity contribution in [2.45, 2.75) is 19.9 Å². The number of hydrogen-bond acceptors (Lipinski definition) is 3. The van der Waals surface area contributed by atoms with E-state index in [1.807, 2.05) is 31.2 Å². The van der Waals surface area contributed by atoms with E-state index < -0.39 is 5.91 Å². The molecule has 0 aliphatic rings. The molecule has 0 radical (unpaired) electrons. The summed E-state index contributed by atoms with van der Waals surface area (Å²) in [6.07, 6.45) is 0.245. The van der Waals surface area contributed by atoms with Crippen molar-refractivity contribution < 1.29 is 9.59 Å². The van der Waals surface area contributed by atoms with E-state index in [4.69, 9.17) is 11.5 Å². The molecular formula is C13H19N3O2. The van der Waals surface area contributed by atoms with E-state index in [0.717, 1.165) is 11.1 Å². The van der Waals surface area contributed by atoms with Crippen molar-refractivity contribution >= 4 is 11.8 Å². The fourth-order valence-corrected chi connectivity index (χ4v) is 1.77. The summed E-state index contributed by atoms with van der Waals surface area (Å²) in [5.74, 6) is -0.616. The minimum Gasteiger partial charge on any atom is -0.368 e. The molecule has 0 bridgehead atoms. The van der Waals surface area contributed by atoms with Crippen LogP contribution in [-0.2, 0) is 22.6 Å². The highest BCUT2D eigenvalue weighted by Crippen LogP contribution is 2.10. The van der Waals surface area contributed by atoms with Crippen LogP contribution in [0.3, 0.4) is 0 Å². The molecule has 0 spiro atoms. The second-order valence-electron chi connectivity index (χ2n) is 4.02. The van der Waals surface area contributed by atoms with Crippen molar-refractivity contribution in [3.05, 3.63) is 35.4 Å². The first-order valence-corrected chi connectivity index (χ1v) is 5.91. The molecule has 0 aliphatic heterocycles. The summed E-state index contributed by atoms with van der Waals surface area (Å²) < 4.78 is 0. The highest BCUT2D eigenvalue weighted by atomic mass is 16.2. The predicted octanol–water partition coefficient (Wildman–Crippen LogP) is 0.0216. The third kappa shape index (κ3) is 3.85. The Morgan fingerprint density at radius 3 is 2.33 bits per heavy atom. The minimum atomic E-state index is -0.502. The van der Waals surface area contributed by atoms with E-state index in [0.29, 0.717) is 13.1 Å². The summed E-state index contributed by atoms with van der Waals surface area (Å²) >= 11 is 0. The number of benzene rings is 1. The quantitative estimate of drug-likeness (QED) is 0.745. The zero-order valence-corrected chi connectivity index (χ0v) is 10.6. The van der Waals surface area contributed by atoms with Gasteiger partial charge < -0.3 is 16.4 Å². The zero-order chi connectivity index (χ0) is 13.5. The highest BCUT2D eigenvalue weighted by molar-refractivity contribution is 5.85. The number of carbonyl (C=O) groups excluding carboxylic acids is 2. The molecule has 0 unspecified atom stereocenters. The Morgan fingerprint density at radius 1 is 1.22 bits per heavy atom. The van der Waals surface area contributed by atoms with E-state index in [1.165, 1.54) is 4.90 Å². The summed E-state index contributed by atoms with van der Waals surface area (Å²) in [4.78, 5) is 24.3. The van der Waals surface area contributed by atoms with Crippen LogP contribution in [-0.4, -0.2) is 29.8 Å². The number of primary amides is 1. The van der Waals surface area contributed by atoms with Gasteiger partial charge in [0, 0.05) is 13.1 Å². The van der Waals surface area contributed by atoms with Gasteiger partial charge in [-0.05, 0) is 18.1 Å². The topological polar surface area (TPSA) is 89.4 Å². The van der Waals surface area contributed by atoms with E-state index in [-0.39, 0.29) is 18.9 Å². The Morgan fingerprint density at radius 2 is 1.83 bits per heavy atom. The second kappa shape index (κ2) is 6.76. The molecule has 1 rings (SSSR count). The van der Waals surface area contributed by atoms with Crippen molar-refractivity contribution in [1.29, 1.82) is 0 Å². The van der Waals surface area contributed by atoms with Gasteiger partial charge in [-0.3, -0.25) is 9.59 Å². The van der Waals surface area contributed by atoms with Crippen molar-refractivity contribution in [1.82, 2.24) is 4.90 Å². The Kier molecular flexibility index (Phi) is 5.32. The summed E-state index contributed by atoms with van der Waals surface area (Å²) in [7, 11) is 0. The van der Waals surface area contributed by atoms with Gasteiger partial charge in [0.1, 0.15) is 0 Å². The van der Waals surface area contributed by atoms with Crippen molar-refractivity contribution in [3.63, 3.8) is 0 Å². The molecule has 2 amide bonds. The molecule has 98 valence electrons. The molecule has 18 heavy (non-hydrogen) atoms. The molecule has 0 saturated heterocycles. The average Bonchev–Trinajstić information content (AvgIpc) is 2.36. The Labute approximate surface area is 107 Å². The van der Waals surface area contributed by atoms with Crippen LogP contribution in [0, 0.1) is 0 Å². The van der Waals surface area contributed by atoms with Gasteiger partial charge in [-0.15, -0.1) is 0 Å². The van der Waals surface area contributed by atoms with Crippen LogP contribution in [0.15, 0.2) is 24.3 Å². The van der Waals surface area contributed by atoms with E-state index in [1.54, 1.807) is 0 Å². The molecule has 0 aliphatic carbocycles. The minimum absolute atomic E-state index is 0.0415. The molecule has 5 nitrogen and oxygen atoms in total. The predicted molar refractivity (Wildman–Crippen MR) is 69.5 cm³/mol. The average molecular weight is 249 g/mol. The lowest BCUT2D eigenvalue weighted by Crippen LogP contribution is -2.39. The number of nitrogens with zero attached hydrogens (tertiary/aromatic N) is 1. The Hall–Kier alpha value is -1.88. The van der Waals surface area contributed by atoms with Gasteiger partial charge in [0.25, 0.3) is 0 Å². The molecule has 0 heterocycles. The number of nitrogens with two attached hydrogens (primary N) is 2. The monoisotopic (exact) mass is 249 g/mol. The van der Waals surface area contributed by atoms with Gasteiger partial charge in [0.2, 0.25) is 11.8 Å². The van der Waals surface area contributed by atoms with Crippen LogP contribution >= 0.6 is 0 Å². The normalized spacial score (nSPS) is 10.1. The van der Waals surface area contributed by atoms with E-state index in [2.05, 4.69) is 0 Å². The van der Waals surface area contributed by atoms with Crippen molar-refractivity contribution in [3.8, 4) is 0 Å². The van der Waals surface area contributed by atoms with Gasteiger partial charge in [-0.25, -0.2) is 0 Å². The van der Waals surface area contributed by atoms with Gasteiger partial charge in [0.05, 0.1) is 13.0 Å². The number of likely N-dealkylation sites (N-methyl/N-ethyl adjacent to an activating group) is 1. The van der Waals surface area contributed by atoms with Crippen LogP contribution in [0.4, 0.5) is 0 Å². The van der Waals surface area contributed by atoms with Crippen molar-refractivity contribution in [2.75, 3.05) is 13.1 Å². The van der Waals surface area contributed by atoms with Gasteiger partial charge in [0.15, 0.2) is 0 Å². The first kappa shape index (κ1) is 14.2. The van der Waals surface area contributed by atoms with Crippen LogP contribution in [0.25, 0.3) is 0 Å². The molecule has 0 aromatic heterocycles. The van der Waals surface area contributed by atoms with Crippen LogP contribution in [0.5, 0.6) is 0 Å². The van der Waals surface area contributed by atoms with Crippen LogP contribution < -0.4 is 11.5 Å². The Balaban J connectivity index is 2.76. The molecular weight excluding hydrogens is 230 g/mol.